The summed E-state index contributed by atoms with van der Waals surface area (Å²) in [6.07, 6.45) is 0. The lowest BCUT2D eigenvalue weighted by molar-refractivity contribution is 1.27. The molecule has 4 aliphatic rings. The van der Waals surface area contributed by atoms with Crippen LogP contribution in [0.2, 0.25) is 0 Å². The zero-order chi connectivity index (χ0) is 34.8. The van der Waals surface area contributed by atoms with Gasteiger partial charge in [0.1, 0.15) is 0 Å². The maximum atomic E-state index is 4.19. The molecule has 0 unspecified atom stereocenters. The molecular formula is C48H47N. The van der Waals surface area contributed by atoms with Crippen molar-refractivity contribution in [2.24, 2.45) is 0 Å². The Morgan fingerprint density at radius 2 is 0.551 bits per heavy atom. The summed E-state index contributed by atoms with van der Waals surface area (Å²) in [7, 11) is 0. The summed E-state index contributed by atoms with van der Waals surface area (Å²) in [6, 6.07) is 23.9. The SMILES string of the molecule is Cc1cc(C)c(-c2[nH]c(-c3c(C)cc(C)cc3C)c3c4cc5c(C)cc(C)cc(C)c-5c4c4c5c(C)cc(C)cc(C)c-5cc4c23)c(C)c1. The van der Waals surface area contributed by atoms with Crippen LogP contribution >= 0.6 is 0 Å². The van der Waals surface area contributed by atoms with E-state index >= 15 is 0 Å². The van der Waals surface area contributed by atoms with Gasteiger partial charge in [-0.25, -0.2) is 0 Å². The molecule has 8 rings (SSSR count). The highest BCUT2D eigenvalue weighted by atomic mass is 14.7. The first-order valence-corrected chi connectivity index (χ1v) is 17.8. The summed E-state index contributed by atoms with van der Waals surface area (Å²) in [6.45, 7) is 27.2. The molecule has 4 aliphatic carbocycles. The van der Waals surface area contributed by atoms with Gasteiger partial charge in [0.15, 0.2) is 0 Å². The first-order chi connectivity index (χ1) is 23.2. The van der Waals surface area contributed by atoms with Gasteiger partial charge in [0.05, 0.1) is 11.4 Å². The van der Waals surface area contributed by atoms with Gasteiger partial charge >= 0.3 is 0 Å². The fraction of sp³-hybridized carbons (Fsp3) is 0.250. The monoisotopic (exact) mass is 637 g/mol. The van der Waals surface area contributed by atoms with Crippen LogP contribution in [0.3, 0.4) is 0 Å². The molecule has 0 bridgehead atoms. The second kappa shape index (κ2) is 10.8. The van der Waals surface area contributed by atoms with Gasteiger partial charge in [-0.3, -0.25) is 0 Å². The van der Waals surface area contributed by atoms with Crippen molar-refractivity contribution in [3.8, 4) is 44.8 Å². The van der Waals surface area contributed by atoms with E-state index in [1.807, 2.05) is 0 Å². The normalized spacial score (nSPS) is 12.1. The predicted molar refractivity (Wildman–Crippen MR) is 214 cm³/mol. The van der Waals surface area contributed by atoms with Crippen molar-refractivity contribution < 1.29 is 0 Å². The summed E-state index contributed by atoms with van der Waals surface area (Å²) in [5.74, 6) is 0. The molecule has 1 nitrogen and oxygen atoms in total. The number of nitrogens with one attached hydrogen (secondary N) is 1. The number of H-pyrrole nitrogens is 1. The average Bonchev–Trinajstić information content (AvgIpc) is 3.64. The van der Waals surface area contributed by atoms with E-state index < -0.39 is 0 Å². The van der Waals surface area contributed by atoms with E-state index in [1.165, 1.54) is 144 Å². The van der Waals surface area contributed by atoms with Crippen LogP contribution in [0, 0.1) is 83.1 Å². The standard InChI is InChI=1S/C48H47N/c1-23-13-27(5)35-21-37-43(41(35)33(11)19-23)44-38(22-36-28(6)14-24(2)20-34(12)42(36)44)46-45(37)47(39-29(7)15-25(3)16-30(39)8)49-48(46)40-31(9)17-26(4)18-32(40)10/h13-22,49H,1-12H3. The minimum atomic E-state index is 1.23. The molecule has 0 atom stereocenters. The van der Waals surface area contributed by atoms with Gasteiger partial charge in [0.2, 0.25) is 0 Å². The Bertz CT molecular complexity index is 2430. The van der Waals surface area contributed by atoms with Crippen molar-refractivity contribution >= 4 is 32.3 Å². The Labute approximate surface area is 291 Å². The van der Waals surface area contributed by atoms with Crippen LogP contribution in [0.1, 0.15) is 66.8 Å². The van der Waals surface area contributed by atoms with Crippen LogP contribution in [-0.2, 0) is 0 Å². The Hall–Kier alpha value is -4.88. The van der Waals surface area contributed by atoms with Gasteiger partial charge in [-0.15, -0.1) is 0 Å². The van der Waals surface area contributed by atoms with Crippen LogP contribution in [0.25, 0.3) is 77.1 Å². The van der Waals surface area contributed by atoms with E-state index in [2.05, 4.69) is 149 Å². The van der Waals surface area contributed by atoms with Crippen molar-refractivity contribution in [3.63, 3.8) is 0 Å². The highest BCUT2D eigenvalue weighted by Crippen LogP contribution is 2.55. The molecule has 0 fully saturated rings. The van der Waals surface area contributed by atoms with Crippen molar-refractivity contribution in [1.29, 1.82) is 0 Å². The molecule has 3 aromatic carbocycles. The smallest absolute Gasteiger partial charge is 0.0550 e. The van der Waals surface area contributed by atoms with Crippen LogP contribution in [0.4, 0.5) is 0 Å². The highest BCUT2D eigenvalue weighted by molar-refractivity contribution is 6.39. The maximum Gasteiger partial charge on any atom is 0.0550 e. The van der Waals surface area contributed by atoms with Gasteiger partial charge in [-0.1, -0.05) is 70.8 Å². The van der Waals surface area contributed by atoms with E-state index in [0.717, 1.165) is 0 Å². The highest BCUT2D eigenvalue weighted by Gasteiger charge is 2.30. The number of hydrogen-bond donors (Lipinski definition) is 1. The molecule has 0 saturated heterocycles. The van der Waals surface area contributed by atoms with Gasteiger partial charge in [0, 0.05) is 21.9 Å². The summed E-state index contributed by atoms with van der Waals surface area (Å²) in [4.78, 5) is 4.19. The van der Waals surface area contributed by atoms with Crippen molar-refractivity contribution in [3.05, 3.63) is 127 Å². The van der Waals surface area contributed by atoms with Crippen LogP contribution in [0.5, 0.6) is 0 Å². The Kier molecular flexibility index (Phi) is 6.93. The quantitative estimate of drug-likeness (QED) is 0.194. The average molecular weight is 638 g/mol. The van der Waals surface area contributed by atoms with Crippen molar-refractivity contribution in [1.82, 2.24) is 4.98 Å². The molecule has 0 spiro atoms. The number of fused-ring (bicyclic) bond motifs is 10. The first-order valence-electron chi connectivity index (χ1n) is 17.8. The lowest BCUT2D eigenvalue weighted by atomic mass is 9.89. The lowest BCUT2D eigenvalue weighted by Crippen LogP contribution is -1.93. The van der Waals surface area contributed by atoms with Crippen LogP contribution < -0.4 is 0 Å². The molecule has 1 N–H and O–H groups in total. The summed E-state index contributed by atoms with van der Waals surface area (Å²) < 4.78 is 0. The molecule has 244 valence electrons. The molecule has 1 aromatic heterocycles. The van der Waals surface area contributed by atoms with Crippen molar-refractivity contribution in [2.75, 3.05) is 0 Å². The minimum absolute atomic E-state index is 1.23. The van der Waals surface area contributed by atoms with Gasteiger partial charge in [-0.05, 0) is 184 Å². The maximum absolute atomic E-state index is 4.19. The number of hydrogen-bond acceptors (Lipinski definition) is 0. The minimum Gasteiger partial charge on any atom is -0.353 e. The summed E-state index contributed by atoms with van der Waals surface area (Å²) >= 11 is 0. The number of aryl methyl sites for hydroxylation is 12. The van der Waals surface area contributed by atoms with E-state index in [4.69, 9.17) is 0 Å². The zero-order valence-electron chi connectivity index (χ0n) is 31.3. The molecule has 49 heavy (non-hydrogen) atoms. The van der Waals surface area contributed by atoms with Crippen LogP contribution in [-0.4, -0.2) is 4.98 Å². The molecule has 0 radical (unpaired) electrons. The fourth-order valence-corrected chi connectivity index (χ4v) is 9.78. The van der Waals surface area contributed by atoms with Gasteiger partial charge in [-0.2, -0.15) is 0 Å². The van der Waals surface area contributed by atoms with E-state index in [9.17, 15) is 0 Å². The first kappa shape index (κ1) is 31.4. The third kappa shape index (κ3) is 4.51. The molecule has 0 amide bonds. The number of aromatic nitrogens is 1. The molecule has 1 heteroatoms. The number of rotatable bonds is 2. The number of benzene rings is 3. The van der Waals surface area contributed by atoms with Crippen molar-refractivity contribution in [2.45, 2.75) is 83.1 Å². The summed E-state index contributed by atoms with van der Waals surface area (Å²) in [5.41, 5.74) is 26.3. The second-order valence-corrected chi connectivity index (χ2v) is 15.4. The van der Waals surface area contributed by atoms with Gasteiger partial charge < -0.3 is 4.98 Å². The molecular weight excluding hydrogens is 591 g/mol. The fourth-order valence-electron chi connectivity index (χ4n) is 9.78. The van der Waals surface area contributed by atoms with E-state index in [0.29, 0.717) is 0 Å². The predicted octanol–water partition coefficient (Wildman–Crippen LogP) is 13.7. The van der Waals surface area contributed by atoms with Gasteiger partial charge in [0.25, 0.3) is 0 Å². The molecule has 1 heterocycles. The largest absolute Gasteiger partial charge is 0.353 e. The molecule has 4 aromatic rings. The third-order valence-electron chi connectivity index (χ3n) is 11.2. The Morgan fingerprint density at radius 3 is 0.857 bits per heavy atom. The summed E-state index contributed by atoms with van der Waals surface area (Å²) in [5, 5.41) is 8.16. The Morgan fingerprint density at radius 1 is 0.286 bits per heavy atom. The molecule has 0 saturated carbocycles. The molecule has 0 aliphatic heterocycles. The van der Waals surface area contributed by atoms with E-state index in [-0.39, 0.29) is 0 Å². The lowest BCUT2D eigenvalue weighted by Gasteiger charge is -2.12. The second-order valence-electron chi connectivity index (χ2n) is 15.4. The third-order valence-corrected chi connectivity index (χ3v) is 11.2. The van der Waals surface area contributed by atoms with E-state index in [1.54, 1.807) is 0 Å². The van der Waals surface area contributed by atoms with Crippen LogP contribution in [0.15, 0.2) is 60.7 Å². The Balaban J connectivity index is 1.76. The zero-order valence-corrected chi connectivity index (χ0v) is 31.3. The topological polar surface area (TPSA) is 15.8 Å². The number of aromatic amines is 1.